The van der Waals surface area contributed by atoms with Crippen molar-refractivity contribution in [3.63, 3.8) is 0 Å². The molecule has 0 aliphatic heterocycles. The van der Waals surface area contributed by atoms with E-state index in [9.17, 15) is 4.79 Å². The third-order valence-electron chi connectivity index (χ3n) is 2.48. The lowest BCUT2D eigenvalue weighted by molar-refractivity contribution is -0.131. The molecule has 0 fully saturated rings. The van der Waals surface area contributed by atoms with Gasteiger partial charge in [0.2, 0.25) is 5.88 Å². The molecule has 0 radical (unpaired) electrons. The van der Waals surface area contributed by atoms with Crippen LogP contribution in [0.3, 0.4) is 0 Å². The first kappa shape index (κ1) is 14.1. The zero-order chi connectivity index (χ0) is 14.5. The lowest BCUT2D eigenvalue weighted by atomic mass is 10.2. The van der Waals surface area contributed by atoms with E-state index < -0.39 is 5.97 Å². The Kier molecular flexibility index (Phi) is 4.38. The topological polar surface area (TPSA) is 59.4 Å². The zero-order valence-corrected chi connectivity index (χ0v) is 11.5. The number of benzene rings is 1. The molecule has 4 nitrogen and oxygen atoms in total. The maximum atomic E-state index is 10.4. The van der Waals surface area contributed by atoms with E-state index in [0.717, 1.165) is 11.6 Å². The van der Waals surface area contributed by atoms with Gasteiger partial charge in [-0.3, -0.25) is 0 Å². The van der Waals surface area contributed by atoms with Crippen LogP contribution >= 0.6 is 11.6 Å². The van der Waals surface area contributed by atoms with E-state index in [4.69, 9.17) is 21.4 Å². The number of halogens is 1. The third kappa shape index (κ3) is 3.83. The first-order valence-corrected chi connectivity index (χ1v) is 6.23. The third-order valence-corrected chi connectivity index (χ3v) is 2.79. The van der Waals surface area contributed by atoms with Crippen LogP contribution < -0.4 is 4.74 Å². The number of carboxylic acids is 1. The Morgan fingerprint density at radius 3 is 2.80 bits per heavy atom. The van der Waals surface area contributed by atoms with Crippen LogP contribution in [0.5, 0.6) is 11.6 Å². The molecule has 20 heavy (non-hydrogen) atoms. The van der Waals surface area contributed by atoms with Crippen LogP contribution in [-0.2, 0) is 4.79 Å². The molecule has 0 aliphatic rings. The van der Waals surface area contributed by atoms with Gasteiger partial charge in [-0.25, -0.2) is 9.78 Å². The number of rotatable bonds is 4. The molecule has 0 saturated heterocycles. The van der Waals surface area contributed by atoms with Crippen molar-refractivity contribution in [1.82, 2.24) is 4.98 Å². The minimum absolute atomic E-state index is 0.393. The number of carboxylic acid groups (broad SMARTS) is 1. The average molecular weight is 290 g/mol. The van der Waals surface area contributed by atoms with E-state index in [1.165, 1.54) is 12.3 Å². The molecule has 1 N–H and O–H groups in total. The van der Waals surface area contributed by atoms with E-state index in [2.05, 4.69) is 4.98 Å². The fourth-order valence-corrected chi connectivity index (χ4v) is 1.68. The molecule has 0 atom stereocenters. The number of aromatic nitrogens is 1. The molecule has 0 spiro atoms. The molecule has 0 bridgehead atoms. The second-order valence-electron chi connectivity index (χ2n) is 4.14. The molecule has 2 aromatic rings. The lowest BCUT2D eigenvalue weighted by Crippen LogP contribution is -1.90. The van der Waals surface area contributed by atoms with E-state index in [1.807, 2.05) is 19.1 Å². The highest BCUT2D eigenvalue weighted by Crippen LogP contribution is 2.29. The van der Waals surface area contributed by atoms with Crippen LogP contribution in [0.25, 0.3) is 6.08 Å². The minimum Gasteiger partial charge on any atom is -0.478 e. The number of aryl methyl sites for hydroxylation is 1. The predicted octanol–water partition coefficient (Wildman–Crippen LogP) is 3.93. The summed E-state index contributed by atoms with van der Waals surface area (Å²) < 4.78 is 5.59. The molecule has 5 heteroatoms. The van der Waals surface area contributed by atoms with Crippen molar-refractivity contribution < 1.29 is 14.6 Å². The molecular formula is C15H12ClNO3. The van der Waals surface area contributed by atoms with Crippen molar-refractivity contribution in [3.05, 3.63) is 58.8 Å². The molecule has 1 heterocycles. The van der Waals surface area contributed by atoms with E-state index in [1.54, 1.807) is 18.2 Å². The van der Waals surface area contributed by atoms with Gasteiger partial charge in [0.1, 0.15) is 5.75 Å². The Morgan fingerprint density at radius 1 is 1.35 bits per heavy atom. The van der Waals surface area contributed by atoms with Crippen molar-refractivity contribution in [1.29, 1.82) is 0 Å². The van der Waals surface area contributed by atoms with Crippen LogP contribution in [0.4, 0.5) is 0 Å². The second-order valence-corrected chi connectivity index (χ2v) is 4.54. The summed E-state index contributed by atoms with van der Waals surface area (Å²) in [4.78, 5) is 14.5. The second kappa shape index (κ2) is 6.21. The lowest BCUT2D eigenvalue weighted by Gasteiger charge is -2.07. The largest absolute Gasteiger partial charge is 0.478 e. The fourth-order valence-electron chi connectivity index (χ4n) is 1.52. The highest BCUT2D eigenvalue weighted by molar-refractivity contribution is 6.32. The molecule has 0 aliphatic carbocycles. The average Bonchev–Trinajstić information content (AvgIpc) is 2.42. The van der Waals surface area contributed by atoms with Crippen molar-refractivity contribution in [2.45, 2.75) is 6.92 Å². The van der Waals surface area contributed by atoms with Crippen molar-refractivity contribution in [3.8, 4) is 11.6 Å². The highest BCUT2D eigenvalue weighted by atomic mass is 35.5. The number of hydrogen-bond donors (Lipinski definition) is 1. The van der Waals surface area contributed by atoms with Crippen LogP contribution in [0, 0.1) is 6.92 Å². The zero-order valence-electron chi connectivity index (χ0n) is 10.7. The number of ether oxygens (including phenoxy) is 1. The molecule has 0 unspecified atom stereocenters. The standard InChI is InChI=1S/C15H12ClNO3/c1-10-2-5-12(16)13(8-10)20-14-6-3-11(9-17-14)4-7-15(18)19/h2-9H,1H3,(H,18,19)/b7-4+. The SMILES string of the molecule is Cc1ccc(Cl)c(Oc2ccc(/C=C/C(=O)O)cn2)c1. The smallest absolute Gasteiger partial charge is 0.328 e. The Hall–Kier alpha value is -2.33. The molecule has 102 valence electrons. The van der Waals surface area contributed by atoms with Gasteiger partial charge in [0.15, 0.2) is 0 Å². The van der Waals surface area contributed by atoms with Gasteiger partial charge in [-0.1, -0.05) is 17.7 Å². The first-order chi connectivity index (χ1) is 9.54. The van der Waals surface area contributed by atoms with Gasteiger partial charge >= 0.3 is 5.97 Å². The Labute approximate surface area is 121 Å². The molecular weight excluding hydrogens is 278 g/mol. The molecule has 1 aromatic carbocycles. The van der Waals surface area contributed by atoms with Crippen LogP contribution in [-0.4, -0.2) is 16.1 Å². The van der Waals surface area contributed by atoms with Crippen molar-refractivity contribution in [2.75, 3.05) is 0 Å². The highest BCUT2D eigenvalue weighted by Gasteiger charge is 2.04. The maximum absolute atomic E-state index is 10.4. The van der Waals surface area contributed by atoms with Gasteiger partial charge in [-0.05, 0) is 42.3 Å². The fraction of sp³-hybridized carbons (Fsp3) is 0.0667. The number of pyridine rings is 1. The van der Waals surface area contributed by atoms with E-state index in [0.29, 0.717) is 22.2 Å². The monoisotopic (exact) mass is 289 g/mol. The maximum Gasteiger partial charge on any atom is 0.328 e. The first-order valence-electron chi connectivity index (χ1n) is 5.85. The van der Waals surface area contributed by atoms with Gasteiger partial charge in [0.25, 0.3) is 0 Å². The van der Waals surface area contributed by atoms with Crippen LogP contribution in [0.1, 0.15) is 11.1 Å². The number of nitrogens with zero attached hydrogens (tertiary/aromatic N) is 1. The summed E-state index contributed by atoms with van der Waals surface area (Å²) in [7, 11) is 0. The number of hydrogen-bond acceptors (Lipinski definition) is 3. The molecule has 1 aromatic heterocycles. The Bertz CT molecular complexity index is 651. The summed E-state index contributed by atoms with van der Waals surface area (Å²) in [6, 6.07) is 8.84. The summed E-state index contributed by atoms with van der Waals surface area (Å²) in [6.45, 7) is 1.94. The minimum atomic E-state index is -1.00. The molecule has 2 rings (SSSR count). The van der Waals surface area contributed by atoms with Crippen molar-refractivity contribution >= 4 is 23.6 Å². The summed E-state index contributed by atoms with van der Waals surface area (Å²) in [5.74, 6) is -0.0742. The molecule has 0 amide bonds. The Morgan fingerprint density at radius 2 is 2.15 bits per heavy atom. The van der Waals surface area contributed by atoms with Gasteiger partial charge in [0, 0.05) is 18.3 Å². The summed E-state index contributed by atoms with van der Waals surface area (Å²) >= 11 is 6.03. The van der Waals surface area contributed by atoms with Crippen LogP contribution in [0.15, 0.2) is 42.6 Å². The van der Waals surface area contributed by atoms with Gasteiger partial charge < -0.3 is 9.84 Å². The van der Waals surface area contributed by atoms with Gasteiger partial charge in [-0.15, -0.1) is 0 Å². The van der Waals surface area contributed by atoms with Gasteiger partial charge in [-0.2, -0.15) is 0 Å². The summed E-state index contributed by atoms with van der Waals surface area (Å²) in [5, 5.41) is 9.04. The number of aliphatic carboxylic acids is 1. The van der Waals surface area contributed by atoms with Gasteiger partial charge in [0.05, 0.1) is 5.02 Å². The Balaban J connectivity index is 2.14. The number of carbonyl (C=O) groups is 1. The summed E-state index contributed by atoms with van der Waals surface area (Å²) in [5.41, 5.74) is 1.71. The van der Waals surface area contributed by atoms with E-state index >= 15 is 0 Å². The van der Waals surface area contributed by atoms with E-state index in [-0.39, 0.29) is 0 Å². The predicted molar refractivity (Wildman–Crippen MR) is 77.2 cm³/mol. The quantitative estimate of drug-likeness (QED) is 0.866. The molecule has 0 saturated carbocycles. The van der Waals surface area contributed by atoms with Crippen molar-refractivity contribution in [2.24, 2.45) is 0 Å². The van der Waals surface area contributed by atoms with Crippen LogP contribution in [0.2, 0.25) is 5.02 Å². The summed E-state index contributed by atoms with van der Waals surface area (Å²) in [6.07, 6.45) is 4.03. The normalized spacial score (nSPS) is 10.7.